The quantitative estimate of drug-likeness (QED) is 0.316. The van der Waals surface area contributed by atoms with E-state index in [0.29, 0.717) is 55.9 Å². The van der Waals surface area contributed by atoms with Crippen molar-refractivity contribution < 1.29 is 9.50 Å². The summed E-state index contributed by atoms with van der Waals surface area (Å²) < 4.78 is 19.9. The summed E-state index contributed by atoms with van der Waals surface area (Å²) in [6.45, 7) is 2.17. The molecule has 1 aliphatic rings. The topological polar surface area (TPSA) is 120 Å². The summed E-state index contributed by atoms with van der Waals surface area (Å²) in [6.07, 6.45) is 5.91. The summed E-state index contributed by atoms with van der Waals surface area (Å²) in [4.78, 5) is 24.4. The van der Waals surface area contributed by atoms with Crippen LogP contribution in [0.15, 0.2) is 66.0 Å². The molecular formula is C30H33FN8O2. The highest BCUT2D eigenvalue weighted by molar-refractivity contribution is 5.89. The third-order valence-electron chi connectivity index (χ3n) is 8.05. The molecular weight excluding hydrogens is 523 g/mol. The van der Waals surface area contributed by atoms with Crippen LogP contribution in [0.2, 0.25) is 0 Å². The molecule has 1 aliphatic heterocycles. The highest BCUT2D eigenvalue weighted by Crippen LogP contribution is 2.28. The molecule has 11 heteroatoms. The SMILES string of the molecule is Cn1ccnc1-c1ccc(CN2CCC(O)(Cn3cnc4c(-c5ccc(CN)cc5)n(C)nc4c3=O)CC2)c(F)c1. The fourth-order valence-corrected chi connectivity index (χ4v) is 5.63. The van der Waals surface area contributed by atoms with Gasteiger partial charge in [-0.25, -0.2) is 14.4 Å². The summed E-state index contributed by atoms with van der Waals surface area (Å²) >= 11 is 0. The predicted molar refractivity (Wildman–Crippen MR) is 154 cm³/mol. The van der Waals surface area contributed by atoms with E-state index in [2.05, 4.69) is 20.0 Å². The Morgan fingerprint density at radius 2 is 1.76 bits per heavy atom. The number of aromatic nitrogens is 6. The Morgan fingerprint density at radius 3 is 2.41 bits per heavy atom. The van der Waals surface area contributed by atoms with Crippen molar-refractivity contribution in [2.75, 3.05) is 13.1 Å². The van der Waals surface area contributed by atoms with Crippen LogP contribution in [0.3, 0.4) is 0 Å². The standard InChI is InChI=1S/C30H33FN8O2/c1-36-14-11-33-28(36)22-7-8-23(24(31)15-22)17-38-12-9-30(41,10-13-38)18-39-19-34-25-26(29(39)40)35-37(2)27(25)21-5-3-20(16-32)4-6-21/h3-8,11,14-15,19,41H,9-10,12-13,16-18,32H2,1-2H3. The third kappa shape index (κ3) is 5.19. The van der Waals surface area contributed by atoms with E-state index in [-0.39, 0.29) is 23.4 Å². The van der Waals surface area contributed by atoms with Gasteiger partial charge in [-0.3, -0.25) is 18.9 Å². The molecule has 1 saturated heterocycles. The molecule has 3 aromatic heterocycles. The number of aliphatic hydroxyl groups is 1. The third-order valence-corrected chi connectivity index (χ3v) is 8.05. The second kappa shape index (κ2) is 10.7. The average molecular weight is 557 g/mol. The number of hydrogen-bond acceptors (Lipinski definition) is 7. The van der Waals surface area contributed by atoms with E-state index in [0.717, 1.165) is 22.4 Å². The Bertz CT molecular complexity index is 1760. The molecule has 0 aliphatic carbocycles. The Labute approximate surface area is 236 Å². The van der Waals surface area contributed by atoms with Gasteiger partial charge >= 0.3 is 0 Å². The van der Waals surface area contributed by atoms with Crippen molar-refractivity contribution in [3.8, 4) is 22.6 Å². The van der Waals surface area contributed by atoms with Crippen LogP contribution in [0.25, 0.3) is 33.7 Å². The Morgan fingerprint density at radius 1 is 1.02 bits per heavy atom. The molecule has 0 saturated carbocycles. The van der Waals surface area contributed by atoms with Crippen molar-refractivity contribution >= 4 is 11.0 Å². The Hall–Kier alpha value is -4.19. The zero-order valence-electron chi connectivity index (χ0n) is 23.2. The molecule has 212 valence electrons. The van der Waals surface area contributed by atoms with Gasteiger partial charge in [-0.05, 0) is 24.5 Å². The molecule has 0 spiro atoms. The first-order valence-corrected chi connectivity index (χ1v) is 13.7. The smallest absolute Gasteiger partial charge is 0.281 e. The second-order valence-electron chi connectivity index (χ2n) is 10.9. The van der Waals surface area contributed by atoms with E-state index < -0.39 is 5.60 Å². The van der Waals surface area contributed by atoms with Crippen LogP contribution in [0.5, 0.6) is 0 Å². The van der Waals surface area contributed by atoms with Crippen LogP contribution < -0.4 is 11.3 Å². The number of halogens is 1. The van der Waals surface area contributed by atoms with Crippen molar-refractivity contribution in [1.29, 1.82) is 0 Å². The number of nitrogens with zero attached hydrogens (tertiary/aromatic N) is 7. The first-order chi connectivity index (χ1) is 19.7. The molecule has 3 N–H and O–H groups in total. The molecule has 6 rings (SSSR count). The number of hydrogen-bond donors (Lipinski definition) is 2. The number of likely N-dealkylation sites (tertiary alicyclic amines) is 1. The summed E-state index contributed by atoms with van der Waals surface area (Å²) in [5.41, 5.74) is 9.12. The van der Waals surface area contributed by atoms with Crippen LogP contribution in [0.4, 0.5) is 4.39 Å². The highest BCUT2D eigenvalue weighted by Gasteiger charge is 2.33. The lowest BCUT2D eigenvalue weighted by Crippen LogP contribution is -2.47. The molecule has 41 heavy (non-hydrogen) atoms. The predicted octanol–water partition coefficient (Wildman–Crippen LogP) is 2.82. The number of piperidine rings is 1. The van der Waals surface area contributed by atoms with Gasteiger partial charge in [0.25, 0.3) is 5.56 Å². The van der Waals surface area contributed by atoms with Gasteiger partial charge in [-0.15, -0.1) is 0 Å². The van der Waals surface area contributed by atoms with E-state index in [1.807, 2.05) is 48.1 Å². The van der Waals surface area contributed by atoms with Gasteiger partial charge in [0.15, 0.2) is 5.52 Å². The van der Waals surface area contributed by atoms with Crippen molar-refractivity contribution in [2.45, 2.75) is 38.1 Å². The molecule has 10 nitrogen and oxygen atoms in total. The van der Waals surface area contributed by atoms with Gasteiger partial charge in [0.2, 0.25) is 0 Å². The zero-order chi connectivity index (χ0) is 28.7. The van der Waals surface area contributed by atoms with Crippen LogP contribution in [0, 0.1) is 5.82 Å². The maximum Gasteiger partial charge on any atom is 0.281 e. The van der Waals surface area contributed by atoms with Crippen LogP contribution >= 0.6 is 0 Å². The fourth-order valence-electron chi connectivity index (χ4n) is 5.63. The second-order valence-corrected chi connectivity index (χ2v) is 10.9. The van der Waals surface area contributed by atoms with Gasteiger partial charge in [-0.2, -0.15) is 5.10 Å². The minimum atomic E-state index is -1.08. The van der Waals surface area contributed by atoms with Crippen molar-refractivity contribution in [1.82, 2.24) is 33.8 Å². The molecule has 2 aromatic carbocycles. The number of rotatable bonds is 7. The average Bonchev–Trinajstić information content (AvgIpc) is 3.55. The van der Waals surface area contributed by atoms with E-state index in [1.165, 1.54) is 17.0 Å². The monoisotopic (exact) mass is 556 g/mol. The first kappa shape index (κ1) is 27.0. The van der Waals surface area contributed by atoms with E-state index in [4.69, 9.17) is 5.73 Å². The number of benzene rings is 2. The molecule has 0 amide bonds. The minimum Gasteiger partial charge on any atom is -0.388 e. The summed E-state index contributed by atoms with van der Waals surface area (Å²) in [7, 11) is 3.66. The van der Waals surface area contributed by atoms with Crippen LogP contribution in [0.1, 0.15) is 24.0 Å². The normalized spacial score (nSPS) is 15.5. The van der Waals surface area contributed by atoms with Gasteiger partial charge in [0.05, 0.1) is 24.2 Å². The lowest BCUT2D eigenvalue weighted by molar-refractivity contribution is -0.0366. The number of imidazole rings is 1. The van der Waals surface area contributed by atoms with Crippen molar-refractivity contribution in [3.63, 3.8) is 0 Å². The summed E-state index contributed by atoms with van der Waals surface area (Å²) in [5, 5.41) is 15.8. The first-order valence-electron chi connectivity index (χ1n) is 13.7. The van der Waals surface area contributed by atoms with E-state index >= 15 is 0 Å². The highest BCUT2D eigenvalue weighted by atomic mass is 19.1. The van der Waals surface area contributed by atoms with Crippen molar-refractivity contribution in [2.24, 2.45) is 19.8 Å². The van der Waals surface area contributed by atoms with Crippen LogP contribution in [-0.2, 0) is 33.7 Å². The number of fused-ring (bicyclic) bond motifs is 1. The Balaban J connectivity index is 1.14. The molecule has 0 radical (unpaired) electrons. The lowest BCUT2D eigenvalue weighted by Gasteiger charge is -2.38. The van der Waals surface area contributed by atoms with E-state index in [1.54, 1.807) is 24.0 Å². The van der Waals surface area contributed by atoms with Crippen LogP contribution in [-0.4, -0.2) is 57.6 Å². The summed E-state index contributed by atoms with van der Waals surface area (Å²) in [5.74, 6) is 0.437. The number of nitrogens with two attached hydrogens (primary N) is 1. The molecule has 1 fully saturated rings. The molecule has 0 bridgehead atoms. The van der Waals surface area contributed by atoms with Gasteiger partial charge in [-0.1, -0.05) is 36.4 Å². The maximum absolute atomic E-state index is 14.9. The van der Waals surface area contributed by atoms with Crippen molar-refractivity contribution in [3.05, 3.63) is 88.5 Å². The van der Waals surface area contributed by atoms with Gasteiger partial charge in [0, 0.05) is 69.4 Å². The minimum absolute atomic E-state index is 0.118. The largest absolute Gasteiger partial charge is 0.388 e. The molecule has 0 unspecified atom stereocenters. The fraction of sp³-hybridized carbons (Fsp3) is 0.333. The maximum atomic E-state index is 14.9. The summed E-state index contributed by atoms with van der Waals surface area (Å²) in [6, 6.07) is 13.0. The van der Waals surface area contributed by atoms with Gasteiger partial charge in [0.1, 0.15) is 17.2 Å². The molecule has 5 aromatic rings. The molecule has 0 atom stereocenters. The van der Waals surface area contributed by atoms with E-state index in [9.17, 15) is 14.3 Å². The lowest BCUT2D eigenvalue weighted by atomic mass is 9.91. The number of aryl methyl sites for hydroxylation is 2. The Kier molecular flexibility index (Phi) is 7.02. The molecule has 4 heterocycles. The van der Waals surface area contributed by atoms with Gasteiger partial charge < -0.3 is 15.4 Å². The zero-order valence-corrected chi connectivity index (χ0v) is 23.2.